The zero-order chi connectivity index (χ0) is 87.0. The van der Waals surface area contributed by atoms with Crippen LogP contribution in [0.2, 0.25) is 0 Å². The molecule has 2 saturated heterocycles. The molecule has 4 heterocycles. The predicted molar refractivity (Wildman–Crippen MR) is 441 cm³/mol. The molecule has 4 aliphatic rings. The molecule has 120 heavy (non-hydrogen) atoms. The summed E-state index contributed by atoms with van der Waals surface area (Å²) in [7, 11) is -13.4. The van der Waals surface area contributed by atoms with Gasteiger partial charge in [0.15, 0.2) is 5.71 Å². The number of nitrogens with two attached hydrogens (primary N) is 1. The zero-order valence-corrected chi connectivity index (χ0v) is 73.1. The number of aliphatic carboxylic acids is 4. The van der Waals surface area contributed by atoms with Crippen LogP contribution in [0.3, 0.4) is 0 Å². The Kier molecular flexibility index (Phi) is 39.7. The number of esters is 2. The molecule has 662 valence electrons. The molecule has 35 nitrogen and oxygen atoms in total. The van der Waals surface area contributed by atoms with Crippen LogP contribution >= 0.6 is 0 Å². The van der Waals surface area contributed by atoms with Crippen molar-refractivity contribution in [2.24, 2.45) is 11.7 Å². The fourth-order valence-corrected chi connectivity index (χ4v) is 16.5. The van der Waals surface area contributed by atoms with E-state index in [0.717, 1.165) is 44.7 Å². The van der Waals surface area contributed by atoms with Crippen LogP contribution in [0.4, 0.5) is 11.4 Å². The average Bonchev–Trinajstić information content (AvgIpc) is 1.57. The minimum absolute atomic E-state index is 0. The number of fused-ring (bicyclic) bond motifs is 6. The number of primary amides is 1. The largest absolute Gasteiger partial charge is 0.481 e. The third-order valence-corrected chi connectivity index (χ3v) is 24.3. The Hall–Kier alpha value is -8.45. The number of allylic oxidation sites excluding steroid dienone is 6. The molecule has 12 N–H and O–H groups in total. The summed E-state index contributed by atoms with van der Waals surface area (Å²) < 4.78 is 109. The van der Waals surface area contributed by atoms with Crippen molar-refractivity contribution >= 4 is 134 Å². The summed E-state index contributed by atoms with van der Waals surface area (Å²) in [6.45, 7) is 11.3. The number of amides is 4. The average molecular weight is 1880 g/mol. The molecular weight excluding hydrogens is 1770 g/mol. The molecule has 4 aliphatic heterocycles. The van der Waals surface area contributed by atoms with E-state index in [1.54, 1.807) is 43.9 Å². The van der Waals surface area contributed by atoms with Crippen molar-refractivity contribution < 1.29 is 161 Å². The minimum atomic E-state index is -4.52. The van der Waals surface area contributed by atoms with Crippen molar-refractivity contribution in [3.8, 4) is 0 Å². The maximum atomic E-state index is 13.8. The SMILES string of the molecule is CC(CCN1C(=CC=CC=CC2=[N+](CCCCCC(=O)NCCCC[C@H](CC(=O)CCC(=O)O)C(=O)N[C@@H](CCCCNC(=O)CN3CCN(CC(=O)O)CCN(CC(=O)O)CCN(CC(=O)O)CC3)C(N)=O)c3ccc4cc(S(=O)(=O)O)ccc4c3C2(C)C)C(C)(C)c2c1ccc1cc(S(=O)(=O)O)ccc21)S(=O)(=O)O.O=C1CCC(=O)O1.[CH3-].[Gd]. The Morgan fingerprint density at radius 3 is 1.55 bits per heavy atom. The summed E-state index contributed by atoms with van der Waals surface area (Å²) in [5.41, 5.74) is 9.42. The van der Waals surface area contributed by atoms with Gasteiger partial charge in [-0.2, -0.15) is 29.8 Å². The van der Waals surface area contributed by atoms with E-state index in [1.807, 2.05) is 61.3 Å². The van der Waals surface area contributed by atoms with Crippen molar-refractivity contribution in [2.45, 2.75) is 169 Å². The van der Waals surface area contributed by atoms with Crippen molar-refractivity contribution in [2.75, 3.05) is 110 Å². The molecule has 4 aromatic rings. The second-order valence-electron chi connectivity index (χ2n) is 30.9. The fourth-order valence-electron chi connectivity index (χ4n) is 15.0. The summed E-state index contributed by atoms with van der Waals surface area (Å²) in [6, 6.07) is 14.9. The normalized spacial score (nSPS) is 17.3. The van der Waals surface area contributed by atoms with Gasteiger partial charge in [-0.05, 0) is 142 Å². The molecule has 0 bridgehead atoms. The van der Waals surface area contributed by atoms with Crippen molar-refractivity contribution in [3.63, 3.8) is 0 Å². The summed E-state index contributed by atoms with van der Waals surface area (Å²) in [5.74, 6) is -8.78. The number of ether oxygens (including phenoxy) is 1. The summed E-state index contributed by atoms with van der Waals surface area (Å²) in [6.07, 6.45) is 12.6. The van der Waals surface area contributed by atoms with Crippen LogP contribution in [-0.4, -0.2) is 270 Å². The van der Waals surface area contributed by atoms with Crippen molar-refractivity contribution in [3.05, 3.63) is 115 Å². The first-order valence-corrected chi connectivity index (χ1v) is 43.5. The van der Waals surface area contributed by atoms with E-state index in [4.69, 9.17) is 5.73 Å². The van der Waals surface area contributed by atoms with Gasteiger partial charge in [0.05, 0.1) is 65.9 Å². The zero-order valence-electron chi connectivity index (χ0n) is 68.3. The van der Waals surface area contributed by atoms with Crippen molar-refractivity contribution in [1.82, 2.24) is 35.6 Å². The Balaban J connectivity index is 0.00000270. The molecule has 39 heteroatoms. The van der Waals surface area contributed by atoms with E-state index in [-0.39, 0.29) is 219 Å². The maximum absolute atomic E-state index is 13.8. The van der Waals surface area contributed by atoms with Crippen LogP contribution in [0.15, 0.2) is 107 Å². The number of anilines is 1. The first-order chi connectivity index (χ1) is 55.4. The van der Waals surface area contributed by atoms with Crippen LogP contribution in [0.25, 0.3) is 21.5 Å². The minimum Gasteiger partial charge on any atom is -0.481 e. The maximum Gasteiger partial charge on any atom is 0.317 e. The third-order valence-electron chi connectivity index (χ3n) is 21.3. The molecule has 4 amide bonds. The van der Waals surface area contributed by atoms with Crippen LogP contribution in [-0.2, 0) is 98.7 Å². The summed E-state index contributed by atoms with van der Waals surface area (Å²) in [5, 5.41) is 47.8. The number of ketones is 1. The van der Waals surface area contributed by atoms with Crippen LogP contribution < -0.4 is 26.6 Å². The number of carbonyl (C=O) groups excluding carboxylic acids is 7. The van der Waals surface area contributed by atoms with Gasteiger partial charge in [-0.1, -0.05) is 56.7 Å². The molecule has 0 saturated carbocycles. The van der Waals surface area contributed by atoms with Gasteiger partial charge in [-0.15, -0.1) is 0 Å². The fraction of sp³-hybridized carbons (Fsp3) is 0.519. The number of Topliss-reactive ketones (excluding diaryl/α,β-unsaturated/α-hetero) is 1. The van der Waals surface area contributed by atoms with Crippen LogP contribution in [0, 0.1) is 53.3 Å². The molecule has 0 aliphatic carbocycles. The number of hydrogen-bond donors (Lipinski definition) is 11. The van der Waals surface area contributed by atoms with Gasteiger partial charge in [0.2, 0.25) is 29.3 Å². The molecule has 1 unspecified atom stereocenters. The molecule has 3 atom stereocenters. The summed E-state index contributed by atoms with van der Waals surface area (Å²) in [4.78, 5) is 141. The van der Waals surface area contributed by atoms with Gasteiger partial charge >= 0.3 is 35.8 Å². The number of carboxylic acids is 4. The number of hydrogen-bond acceptors (Lipinski definition) is 23. The van der Waals surface area contributed by atoms with E-state index in [2.05, 4.69) is 39.1 Å². The molecule has 0 radical (unpaired) electrons. The first-order valence-electron chi connectivity index (χ1n) is 39.1. The summed E-state index contributed by atoms with van der Waals surface area (Å²) >= 11 is 0. The van der Waals surface area contributed by atoms with Gasteiger partial charge in [0.1, 0.15) is 18.4 Å². The van der Waals surface area contributed by atoms with Gasteiger partial charge in [-0.3, -0.25) is 86.0 Å². The number of cyclic esters (lactones) is 2. The number of nitrogens with zero attached hydrogens (tertiary/aromatic N) is 6. The monoisotopic (exact) mass is 1880 g/mol. The topological polar surface area (TPSA) is 522 Å². The number of carboxylic acid groups (broad SMARTS) is 4. The molecule has 2 fully saturated rings. The van der Waals surface area contributed by atoms with Crippen molar-refractivity contribution in [1.29, 1.82) is 0 Å². The Morgan fingerprint density at radius 1 is 0.567 bits per heavy atom. The van der Waals surface area contributed by atoms with Crippen LogP contribution in [0.5, 0.6) is 0 Å². The second kappa shape index (κ2) is 46.7. The van der Waals surface area contributed by atoms with Crippen LogP contribution in [0.1, 0.15) is 148 Å². The van der Waals surface area contributed by atoms with Gasteiger partial charge in [0.25, 0.3) is 30.4 Å². The molecule has 0 spiro atoms. The van der Waals surface area contributed by atoms with E-state index in [9.17, 15) is 112 Å². The number of carbonyl (C=O) groups is 11. The predicted octanol–water partition coefficient (Wildman–Crippen LogP) is 5.64. The van der Waals surface area contributed by atoms with Gasteiger partial charge < -0.3 is 59.2 Å². The number of nitrogens with one attached hydrogen (secondary N) is 3. The van der Waals surface area contributed by atoms with E-state index in [0.29, 0.717) is 62.3 Å². The second-order valence-corrected chi connectivity index (χ2v) is 35.6. The number of benzene rings is 4. The smallest absolute Gasteiger partial charge is 0.317 e. The Labute approximate surface area is 731 Å². The molecule has 4 aromatic carbocycles. The first kappa shape index (κ1) is 102. The molecule has 0 aromatic heterocycles. The van der Waals surface area contributed by atoms with Gasteiger partial charge in [0, 0.05) is 178 Å². The van der Waals surface area contributed by atoms with Gasteiger partial charge in [-0.25, -0.2) is 0 Å². The Bertz CT molecular complexity index is 4850. The van der Waals surface area contributed by atoms with E-state index < -0.39 is 118 Å². The van der Waals surface area contributed by atoms with E-state index in [1.165, 1.54) is 31.2 Å². The number of rotatable bonds is 41. The van der Waals surface area contributed by atoms with E-state index >= 15 is 0 Å². The third kappa shape index (κ3) is 30.9. The Morgan fingerprint density at radius 2 is 1.07 bits per heavy atom. The molecule has 8 rings (SSSR count). The standard InChI is InChI=1S/C76H104N10O22S3.C4H4O3.CH3.Gd/c1-51(109(100,101)102)31-35-86-62-29-22-53-46-57(111(106,107)108)25-27-59(53)72(62)76(4,5)64(86)19-9-6-8-18-63-75(2,3)71-58-26-24-56(110(103,104)105)45-52(58)21-28-61(71)85(63)34-15-7-10-20-65(88)78-32-13-11-16-54(44-55(87)23-30-67(90)91)74(99)80-60(73(77)98)17-12-14-33-79-66(89)47-81-36-38-82(48-68(92)93)40-42-84(50-70(96)97)43-41-83(39-37-81)49-69(94)95;5-3-1-2-4(6)7-3;;/h6,8-9,18-19,21-22,24-29,45-46,51,54,60H,7,10-17,20,23,30-44,47-50H2,1-5H3,(H11-,77,78,79,80,88,89,90,91,92,93,94,95,96,97,98,99,100,101,102,103,104,105,106,107,108);1-2H2;1H3;/q;;-1;/p+1/t51?,54-,60+;;;/m1.../s1. The quantitative estimate of drug-likeness (QED) is 0.00487. The number of unbranched alkanes of at least 4 members (excludes halogenated alkanes) is 4. The molecular formula is C81H112GdN10O25S3.